The Bertz CT molecular complexity index is 745. The Kier molecular flexibility index (Phi) is 3.98. The number of hydrogen-bond acceptors (Lipinski definition) is 3. The van der Waals surface area contributed by atoms with Crippen LogP contribution in [0.5, 0.6) is 5.75 Å². The molecular formula is C20H22N2O2. The molecule has 4 heteroatoms. The molecule has 1 fully saturated rings. The molecule has 0 radical (unpaired) electrons. The molecular weight excluding hydrogens is 300 g/mol. The van der Waals surface area contributed by atoms with Crippen molar-refractivity contribution in [3.8, 4) is 5.75 Å². The van der Waals surface area contributed by atoms with Crippen LogP contribution in [0.1, 0.15) is 27.9 Å². The molecule has 124 valence electrons. The molecule has 0 bridgehead atoms. The molecule has 1 atom stereocenters. The first kappa shape index (κ1) is 15.2. The highest BCUT2D eigenvalue weighted by Gasteiger charge is 2.34. The second-order valence-electron chi connectivity index (χ2n) is 6.75. The van der Waals surface area contributed by atoms with Crippen LogP contribution < -0.4 is 0 Å². The van der Waals surface area contributed by atoms with Crippen LogP contribution >= 0.6 is 0 Å². The number of rotatable bonds is 3. The van der Waals surface area contributed by atoms with E-state index in [1.54, 1.807) is 18.2 Å². The van der Waals surface area contributed by atoms with Crippen LogP contribution in [0.25, 0.3) is 0 Å². The van der Waals surface area contributed by atoms with Crippen LogP contribution in [0.3, 0.4) is 0 Å². The monoisotopic (exact) mass is 322 g/mol. The maximum atomic E-state index is 12.8. The molecule has 2 aromatic rings. The van der Waals surface area contributed by atoms with Gasteiger partial charge in [-0.05, 0) is 42.2 Å². The number of carbonyl (C=O) groups is 1. The van der Waals surface area contributed by atoms with Crippen LogP contribution in [0.4, 0.5) is 0 Å². The fraction of sp³-hybridized carbons (Fsp3) is 0.350. The van der Waals surface area contributed by atoms with Gasteiger partial charge >= 0.3 is 0 Å². The number of fused-ring (bicyclic) bond motifs is 1. The van der Waals surface area contributed by atoms with Crippen molar-refractivity contribution in [1.82, 2.24) is 9.80 Å². The molecule has 0 aliphatic carbocycles. The fourth-order valence-electron chi connectivity index (χ4n) is 3.89. The van der Waals surface area contributed by atoms with E-state index in [1.807, 2.05) is 11.0 Å². The first-order chi connectivity index (χ1) is 11.7. The maximum Gasteiger partial charge on any atom is 0.254 e. The van der Waals surface area contributed by atoms with E-state index < -0.39 is 0 Å². The Labute approximate surface area is 142 Å². The topological polar surface area (TPSA) is 43.8 Å². The number of aromatic hydroxyl groups is 1. The quantitative estimate of drug-likeness (QED) is 0.945. The lowest BCUT2D eigenvalue weighted by atomic mass is 9.97. The van der Waals surface area contributed by atoms with Crippen molar-refractivity contribution in [1.29, 1.82) is 0 Å². The van der Waals surface area contributed by atoms with Crippen LogP contribution in [-0.4, -0.2) is 46.5 Å². The second kappa shape index (κ2) is 6.29. The molecule has 0 aromatic heterocycles. The zero-order valence-electron chi connectivity index (χ0n) is 13.7. The van der Waals surface area contributed by atoms with Gasteiger partial charge in [-0.2, -0.15) is 0 Å². The summed E-state index contributed by atoms with van der Waals surface area (Å²) in [4.78, 5) is 17.3. The van der Waals surface area contributed by atoms with Crippen LogP contribution in [0, 0.1) is 0 Å². The normalized spacial score (nSPS) is 21.1. The summed E-state index contributed by atoms with van der Waals surface area (Å²) in [5, 5.41) is 9.60. The van der Waals surface area contributed by atoms with E-state index in [4.69, 9.17) is 0 Å². The number of likely N-dealkylation sites (tertiary alicyclic amines) is 1. The van der Waals surface area contributed by atoms with Gasteiger partial charge in [0, 0.05) is 37.8 Å². The molecule has 24 heavy (non-hydrogen) atoms. The molecule has 1 saturated heterocycles. The SMILES string of the molecule is O=C1c2ccc(O)cc2CCN1[C@@H]1CCN(Cc2ccccc2)C1. The zero-order chi connectivity index (χ0) is 16.5. The van der Waals surface area contributed by atoms with Crippen molar-refractivity contribution in [2.45, 2.75) is 25.4 Å². The van der Waals surface area contributed by atoms with Crippen molar-refractivity contribution >= 4 is 5.91 Å². The highest BCUT2D eigenvalue weighted by molar-refractivity contribution is 5.97. The fourth-order valence-corrected chi connectivity index (χ4v) is 3.89. The number of nitrogens with zero attached hydrogens (tertiary/aromatic N) is 2. The largest absolute Gasteiger partial charge is 0.508 e. The van der Waals surface area contributed by atoms with Crippen molar-refractivity contribution in [2.75, 3.05) is 19.6 Å². The summed E-state index contributed by atoms with van der Waals surface area (Å²) < 4.78 is 0. The Balaban J connectivity index is 1.44. The number of hydrogen-bond donors (Lipinski definition) is 1. The van der Waals surface area contributed by atoms with E-state index in [1.165, 1.54) is 5.56 Å². The van der Waals surface area contributed by atoms with E-state index in [-0.39, 0.29) is 11.7 Å². The van der Waals surface area contributed by atoms with E-state index >= 15 is 0 Å². The van der Waals surface area contributed by atoms with Crippen LogP contribution in [0.15, 0.2) is 48.5 Å². The molecule has 4 nitrogen and oxygen atoms in total. The third kappa shape index (κ3) is 2.89. The molecule has 2 aliphatic heterocycles. The summed E-state index contributed by atoms with van der Waals surface area (Å²) in [7, 11) is 0. The molecule has 0 saturated carbocycles. The summed E-state index contributed by atoms with van der Waals surface area (Å²) in [6.45, 7) is 3.67. The Morgan fingerprint density at radius 3 is 2.75 bits per heavy atom. The van der Waals surface area contributed by atoms with Gasteiger partial charge in [0.05, 0.1) is 0 Å². The van der Waals surface area contributed by atoms with E-state index in [0.29, 0.717) is 6.04 Å². The third-order valence-electron chi connectivity index (χ3n) is 5.14. The summed E-state index contributed by atoms with van der Waals surface area (Å²) in [6, 6.07) is 15.9. The first-order valence-electron chi connectivity index (χ1n) is 8.60. The number of carbonyl (C=O) groups excluding carboxylic acids is 1. The molecule has 2 aromatic carbocycles. The Morgan fingerprint density at radius 2 is 1.92 bits per heavy atom. The molecule has 1 amide bonds. The summed E-state index contributed by atoms with van der Waals surface area (Å²) in [5.41, 5.74) is 3.04. The second-order valence-corrected chi connectivity index (χ2v) is 6.75. The number of phenols is 1. The summed E-state index contributed by atoms with van der Waals surface area (Å²) in [6.07, 6.45) is 1.86. The first-order valence-corrected chi connectivity index (χ1v) is 8.60. The van der Waals surface area contributed by atoms with Gasteiger partial charge in [0.2, 0.25) is 0 Å². The maximum absolute atomic E-state index is 12.8. The van der Waals surface area contributed by atoms with Crippen LogP contribution in [0.2, 0.25) is 0 Å². The predicted octanol–water partition coefficient (Wildman–Crippen LogP) is 2.67. The number of phenolic OH excluding ortho intramolecular Hbond substituents is 1. The highest BCUT2D eigenvalue weighted by Crippen LogP contribution is 2.27. The van der Waals surface area contributed by atoms with Gasteiger partial charge in [0.25, 0.3) is 5.91 Å². The average molecular weight is 322 g/mol. The Morgan fingerprint density at radius 1 is 1.08 bits per heavy atom. The predicted molar refractivity (Wildman–Crippen MR) is 93.0 cm³/mol. The molecule has 0 spiro atoms. The minimum atomic E-state index is 0.114. The van der Waals surface area contributed by atoms with Gasteiger partial charge < -0.3 is 10.0 Å². The van der Waals surface area contributed by atoms with Gasteiger partial charge in [0.1, 0.15) is 5.75 Å². The van der Waals surface area contributed by atoms with Crippen molar-refractivity contribution in [3.63, 3.8) is 0 Å². The van der Waals surface area contributed by atoms with Gasteiger partial charge in [-0.15, -0.1) is 0 Å². The standard InChI is InChI=1S/C20H22N2O2/c23-18-6-7-19-16(12-18)8-11-22(20(19)24)17-9-10-21(14-17)13-15-4-2-1-3-5-15/h1-7,12,17,23H,8-11,13-14H2/t17-/m1/s1. The molecule has 2 aliphatic rings. The van der Waals surface area contributed by atoms with E-state index in [0.717, 1.165) is 50.1 Å². The van der Waals surface area contributed by atoms with Gasteiger partial charge in [-0.3, -0.25) is 9.69 Å². The molecule has 4 rings (SSSR count). The molecule has 0 unspecified atom stereocenters. The van der Waals surface area contributed by atoms with Crippen molar-refractivity contribution in [2.24, 2.45) is 0 Å². The van der Waals surface area contributed by atoms with Crippen molar-refractivity contribution in [3.05, 3.63) is 65.2 Å². The minimum Gasteiger partial charge on any atom is -0.508 e. The highest BCUT2D eigenvalue weighted by atomic mass is 16.3. The van der Waals surface area contributed by atoms with E-state index in [2.05, 4.69) is 29.2 Å². The smallest absolute Gasteiger partial charge is 0.254 e. The van der Waals surface area contributed by atoms with Crippen molar-refractivity contribution < 1.29 is 9.90 Å². The average Bonchev–Trinajstić information content (AvgIpc) is 3.04. The lowest BCUT2D eigenvalue weighted by molar-refractivity contribution is 0.0663. The molecule has 2 heterocycles. The number of benzene rings is 2. The summed E-state index contributed by atoms with van der Waals surface area (Å²) >= 11 is 0. The van der Waals surface area contributed by atoms with Crippen LogP contribution in [-0.2, 0) is 13.0 Å². The van der Waals surface area contributed by atoms with Gasteiger partial charge in [-0.1, -0.05) is 30.3 Å². The van der Waals surface area contributed by atoms with E-state index in [9.17, 15) is 9.90 Å². The lowest BCUT2D eigenvalue weighted by Crippen LogP contribution is -2.45. The number of amides is 1. The Hall–Kier alpha value is -2.33. The molecule has 1 N–H and O–H groups in total. The van der Waals surface area contributed by atoms with Gasteiger partial charge in [0.15, 0.2) is 0 Å². The lowest BCUT2D eigenvalue weighted by Gasteiger charge is -2.33. The minimum absolute atomic E-state index is 0.114. The zero-order valence-corrected chi connectivity index (χ0v) is 13.7. The van der Waals surface area contributed by atoms with Gasteiger partial charge in [-0.25, -0.2) is 0 Å². The third-order valence-corrected chi connectivity index (χ3v) is 5.14. The summed E-state index contributed by atoms with van der Waals surface area (Å²) in [5.74, 6) is 0.354.